The Hall–Kier alpha value is -2.55. The van der Waals surface area contributed by atoms with E-state index in [0.717, 1.165) is 40.9 Å². The van der Waals surface area contributed by atoms with Crippen LogP contribution in [0, 0.1) is 0 Å². The molecule has 0 fully saturated rings. The van der Waals surface area contributed by atoms with E-state index in [9.17, 15) is 4.79 Å². The molecule has 20 heavy (non-hydrogen) atoms. The van der Waals surface area contributed by atoms with Crippen LogP contribution in [0.3, 0.4) is 0 Å². The maximum atomic E-state index is 12.3. The summed E-state index contributed by atoms with van der Waals surface area (Å²) in [6, 6.07) is 13.8. The lowest BCUT2D eigenvalue weighted by Crippen LogP contribution is -2.05. The number of nitrogen functional groups attached to an aromatic ring is 1. The van der Waals surface area contributed by atoms with E-state index in [0.29, 0.717) is 0 Å². The Morgan fingerprint density at radius 3 is 2.75 bits per heavy atom. The molecule has 2 aromatic carbocycles. The molecule has 3 nitrogen and oxygen atoms in total. The fourth-order valence-electron chi connectivity index (χ4n) is 3.19. The van der Waals surface area contributed by atoms with Crippen LogP contribution in [0.5, 0.6) is 0 Å². The number of aryl methyl sites for hydroxylation is 1. The van der Waals surface area contributed by atoms with Crippen molar-refractivity contribution in [1.29, 1.82) is 0 Å². The van der Waals surface area contributed by atoms with Gasteiger partial charge in [0.25, 0.3) is 5.91 Å². The van der Waals surface area contributed by atoms with E-state index in [1.54, 1.807) is 0 Å². The molecule has 0 unspecified atom stereocenters. The van der Waals surface area contributed by atoms with Crippen molar-refractivity contribution in [2.24, 2.45) is 0 Å². The number of nitrogens with two attached hydrogens (primary N) is 1. The van der Waals surface area contributed by atoms with Crippen LogP contribution in [0.2, 0.25) is 0 Å². The zero-order chi connectivity index (χ0) is 13.7. The van der Waals surface area contributed by atoms with Crippen LogP contribution >= 0.6 is 0 Å². The molecule has 0 aromatic heterocycles. The van der Waals surface area contributed by atoms with Crippen molar-refractivity contribution < 1.29 is 4.79 Å². The quantitative estimate of drug-likeness (QED) is 0.566. The first-order chi connectivity index (χ1) is 9.74. The Morgan fingerprint density at radius 1 is 1.00 bits per heavy atom. The molecule has 1 aliphatic heterocycles. The predicted molar refractivity (Wildman–Crippen MR) is 81.1 cm³/mol. The second kappa shape index (κ2) is 3.97. The summed E-state index contributed by atoms with van der Waals surface area (Å²) in [7, 11) is 0. The largest absolute Gasteiger partial charge is 0.399 e. The van der Waals surface area contributed by atoms with Gasteiger partial charge in [0.15, 0.2) is 0 Å². The third-order valence-electron chi connectivity index (χ3n) is 4.07. The highest BCUT2D eigenvalue weighted by atomic mass is 16.2. The van der Waals surface area contributed by atoms with Crippen molar-refractivity contribution in [2.75, 3.05) is 11.1 Å². The minimum Gasteiger partial charge on any atom is -0.399 e. The Balaban J connectivity index is 1.96. The van der Waals surface area contributed by atoms with Gasteiger partial charge in [-0.25, -0.2) is 0 Å². The van der Waals surface area contributed by atoms with Gasteiger partial charge >= 0.3 is 0 Å². The van der Waals surface area contributed by atoms with Gasteiger partial charge in [0.05, 0.1) is 5.57 Å². The first kappa shape index (κ1) is 11.3. The van der Waals surface area contributed by atoms with E-state index in [4.69, 9.17) is 5.73 Å². The number of anilines is 2. The van der Waals surface area contributed by atoms with E-state index in [2.05, 4.69) is 5.32 Å². The average molecular weight is 262 g/mol. The summed E-state index contributed by atoms with van der Waals surface area (Å²) in [4.78, 5) is 12.3. The lowest BCUT2D eigenvalue weighted by atomic mass is 9.96. The highest BCUT2D eigenvalue weighted by molar-refractivity contribution is 6.37. The van der Waals surface area contributed by atoms with Crippen LogP contribution in [0.4, 0.5) is 11.4 Å². The fourth-order valence-corrected chi connectivity index (χ4v) is 3.19. The second-order valence-corrected chi connectivity index (χ2v) is 5.27. The summed E-state index contributed by atoms with van der Waals surface area (Å²) in [5.74, 6) is 0.00544. The highest BCUT2D eigenvalue weighted by Crippen LogP contribution is 2.43. The first-order valence-electron chi connectivity index (χ1n) is 6.77. The SMILES string of the molecule is Nc1ccc2c(c1)CC/C2=C1/C(=O)Nc2ccccc21. The summed E-state index contributed by atoms with van der Waals surface area (Å²) in [5, 5.41) is 2.95. The smallest absolute Gasteiger partial charge is 0.256 e. The van der Waals surface area contributed by atoms with E-state index in [1.165, 1.54) is 11.1 Å². The van der Waals surface area contributed by atoms with Gasteiger partial charge in [-0.2, -0.15) is 0 Å². The summed E-state index contributed by atoms with van der Waals surface area (Å²) >= 11 is 0. The number of benzene rings is 2. The van der Waals surface area contributed by atoms with Gasteiger partial charge in [-0.1, -0.05) is 24.3 Å². The number of hydrogen-bond donors (Lipinski definition) is 2. The lowest BCUT2D eigenvalue weighted by molar-refractivity contribution is -0.110. The van der Waals surface area contributed by atoms with Crippen molar-refractivity contribution in [3.05, 3.63) is 59.2 Å². The van der Waals surface area contributed by atoms with Gasteiger partial charge in [-0.15, -0.1) is 0 Å². The number of nitrogens with one attached hydrogen (secondary N) is 1. The van der Waals surface area contributed by atoms with Crippen LogP contribution in [0.1, 0.15) is 23.1 Å². The van der Waals surface area contributed by atoms with E-state index in [-0.39, 0.29) is 5.91 Å². The van der Waals surface area contributed by atoms with E-state index < -0.39 is 0 Å². The highest BCUT2D eigenvalue weighted by Gasteiger charge is 2.30. The summed E-state index contributed by atoms with van der Waals surface area (Å²) in [5.41, 5.74) is 12.9. The number of carbonyl (C=O) groups excluding carboxylic acids is 1. The number of rotatable bonds is 0. The number of fused-ring (bicyclic) bond motifs is 2. The number of amides is 1. The van der Waals surface area contributed by atoms with Crippen LogP contribution < -0.4 is 11.1 Å². The molecule has 2 aromatic rings. The van der Waals surface area contributed by atoms with E-state index >= 15 is 0 Å². The van der Waals surface area contributed by atoms with Gasteiger partial charge in [0.1, 0.15) is 0 Å². The van der Waals surface area contributed by atoms with Gasteiger partial charge < -0.3 is 11.1 Å². The third kappa shape index (κ3) is 1.50. The maximum absolute atomic E-state index is 12.3. The van der Waals surface area contributed by atoms with Crippen LogP contribution in [-0.2, 0) is 11.2 Å². The van der Waals surface area contributed by atoms with Crippen molar-refractivity contribution in [2.45, 2.75) is 12.8 Å². The zero-order valence-electron chi connectivity index (χ0n) is 10.9. The number of allylic oxidation sites excluding steroid dienone is 1. The second-order valence-electron chi connectivity index (χ2n) is 5.27. The normalized spacial score (nSPS) is 19.7. The van der Waals surface area contributed by atoms with Crippen molar-refractivity contribution >= 4 is 28.4 Å². The zero-order valence-corrected chi connectivity index (χ0v) is 10.9. The van der Waals surface area contributed by atoms with Crippen LogP contribution in [0.25, 0.3) is 11.1 Å². The third-order valence-corrected chi connectivity index (χ3v) is 4.07. The molecular formula is C17H14N2O. The Labute approximate surface area is 117 Å². The summed E-state index contributed by atoms with van der Waals surface area (Å²) in [6.45, 7) is 0. The molecule has 1 amide bonds. The van der Waals surface area contributed by atoms with Crippen molar-refractivity contribution in [3.63, 3.8) is 0 Å². The molecule has 0 radical (unpaired) electrons. The Bertz CT molecular complexity index is 774. The molecule has 3 heteroatoms. The molecule has 4 rings (SSSR count). The monoisotopic (exact) mass is 262 g/mol. The lowest BCUT2D eigenvalue weighted by Gasteiger charge is -2.06. The van der Waals surface area contributed by atoms with Crippen LogP contribution in [0.15, 0.2) is 42.5 Å². The summed E-state index contributed by atoms with van der Waals surface area (Å²) < 4.78 is 0. The summed E-state index contributed by atoms with van der Waals surface area (Å²) in [6.07, 6.45) is 1.85. The van der Waals surface area contributed by atoms with E-state index in [1.807, 2.05) is 42.5 Å². The minimum atomic E-state index is 0.00544. The number of para-hydroxylation sites is 1. The molecule has 0 atom stereocenters. The molecule has 1 aliphatic carbocycles. The van der Waals surface area contributed by atoms with Gasteiger partial charge in [0.2, 0.25) is 0 Å². The molecule has 0 saturated carbocycles. The molecule has 98 valence electrons. The predicted octanol–water partition coefficient (Wildman–Crippen LogP) is 3.08. The maximum Gasteiger partial charge on any atom is 0.256 e. The minimum absolute atomic E-state index is 0.00544. The number of carbonyl (C=O) groups is 1. The van der Waals surface area contributed by atoms with Gasteiger partial charge in [0, 0.05) is 16.9 Å². The first-order valence-corrected chi connectivity index (χ1v) is 6.77. The average Bonchev–Trinajstić information content (AvgIpc) is 2.97. The fraction of sp³-hybridized carbons (Fsp3) is 0.118. The molecule has 2 aliphatic rings. The number of hydrogen-bond acceptors (Lipinski definition) is 2. The van der Waals surface area contributed by atoms with Gasteiger partial charge in [-0.3, -0.25) is 4.79 Å². The molecule has 1 heterocycles. The molecular weight excluding hydrogens is 248 g/mol. The molecule has 3 N–H and O–H groups in total. The van der Waals surface area contributed by atoms with Crippen molar-refractivity contribution in [3.8, 4) is 0 Å². The van der Waals surface area contributed by atoms with Gasteiger partial charge in [-0.05, 0) is 47.7 Å². The van der Waals surface area contributed by atoms with Crippen LogP contribution in [-0.4, -0.2) is 5.91 Å². The molecule has 0 spiro atoms. The standard InChI is InChI=1S/C17H14N2O/c18-11-6-8-12-10(9-11)5-7-13(12)16-14-3-1-2-4-15(14)19-17(16)20/h1-4,6,8-9H,5,7,18H2,(H,19,20)/b16-13-. The Kier molecular flexibility index (Phi) is 2.24. The molecule has 0 saturated heterocycles. The van der Waals surface area contributed by atoms with Crippen molar-refractivity contribution in [1.82, 2.24) is 0 Å². The topological polar surface area (TPSA) is 55.1 Å². The molecule has 0 bridgehead atoms. The Morgan fingerprint density at radius 2 is 1.85 bits per heavy atom.